The molecule has 1 saturated carbocycles. The number of thiocarbonyl (C=S) groups is 1. The fourth-order valence-electron chi connectivity index (χ4n) is 2.52. The van der Waals surface area contributed by atoms with E-state index in [2.05, 4.69) is 23.3 Å². The summed E-state index contributed by atoms with van der Waals surface area (Å²) >= 11 is 4.36. The van der Waals surface area contributed by atoms with Gasteiger partial charge in [-0.15, -0.1) is 0 Å². The van der Waals surface area contributed by atoms with Crippen molar-refractivity contribution in [3.8, 4) is 6.07 Å². The van der Waals surface area contributed by atoms with Gasteiger partial charge in [-0.25, -0.2) is 8.78 Å². The minimum Gasteiger partial charge on any atom is -0.204 e. The van der Waals surface area contributed by atoms with Crippen LogP contribution in [-0.4, -0.2) is 5.16 Å². The molecule has 1 aromatic carbocycles. The van der Waals surface area contributed by atoms with Crippen LogP contribution in [0.25, 0.3) is 6.08 Å². The van der Waals surface area contributed by atoms with Crippen LogP contribution in [0.3, 0.4) is 0 Å². The molecule has 0 aromatic heterocycles. The first-order valence-electron chi connectivity index (χ1n) is 6.78. The molecule has 0 amide bonds. The summed E-state index contributed by atoms with van der Waals surface area (Å²) in [5, 5.41) is 10.8. The average Bonchev–Trinajstić information content (AvgIpc) is 2.49. The molecule has 0 saturated heterocycles. The van der Waals surface area contributed by atoms with Crippen LogP contribution < -0.4 is 0 Å². The Kier molecular flexibility index (Phi) is 5.32. The lowest BCUT2D eigenvalue weighted by Gasteiger charge is -2.21. The average molecular weight is 304 g/mol. The molecular formula is C16H14F2N2S. The van der Waals surface area contributed by atoms with E-state index >= 15 is 0 Å². The minimum absolute atomic E-state index is 0.149. The molecule has 5 heteroatoms. The molecule has 1 aliphatic carbocycles. The summed E-state index contributed by atoms with van der Waals surface area (Å²) < 4.78 is 27.3. The van der Waals surface area contributed by atoms with Gasteiger partial charge < -0.3 is 0 Å². The van der Waals surface area contributed by atoms with Crippen molar-refractivity contribution in [2.45, 2.75) is 25.7 Å². The fourth-order valence-corrected chi connectivity index (χ4v) is 2.61. The van der Waals surface area contributed by atoms with Crippen LogP contribution in [-0.2, 0) is 0 Å². The third-order valence-corrected chi connectivity index (χ3v) is 3.80. The predicted molar refractivity (Wildman–Crippen MR) is 81.1 cm³/mol. The lowest BCUT2D eigenvalue weighted by Crippen LogP contribution is -2.11. The molecule has 2 rings (SSSR count). The maximum absolute atomic E-state index is 13.7. The van der Waals surface area contributed by atoms with Crippen molar-refractivity contribution in [1.29, 1.82) is 5.26 Å². The van der Waals surface area contributed by atoms with Crippen LogP contribution in [0.1, 0.15) is 31.2 Å². The van der Waals surface area contributed by atoms with Crippen LogP contribution in [0.5, 0.6) is 0 Å². The van der Waals surface area contributed by atoms with Crippen LogP contribution in [0.15, 0.2) is 23.2 Å². The normalized spacial score (nSPS) is 21.8. The molecule has 0 spiro atoms. The molecule has 0 unspecified atom stereocenters. The number of nitriles is 1. The second-order valence-corrected chi connectivity index (χ2v) is 5.32. The van der Waals surface area contributed by atoms with Crippen molar-refractivity contribution in [2.75, 3.05) is 0 Å². The third kappa shape index (κ3) is 4.04. The van der Waals surface area contributed by atoms with Gasteiger partial charge in [0.05, 0.1) is 11.2 Å². The van der Waals surface area contributed by atoms with Crippen molar-refractivity contribution in [3.63, 3.8) is 0 Å². The molecule has 0 heterocycles. The first-order valence-corrected chi connectivity index (χ1v) is 7.19. The summed E-state index contributed by atoms with van der Waals surface area (Å²) in [7, 11) is 0. The van der Waals surface area contributed by atoms with Gasteiger partial charge in [-0.05, 0) is 61.5 Å². The smallest absolute Gasteiger partial charge is 0.153 e. The third-order valence-electron chi connectivity index (χ3n) is 3.71. The predicted octanol–water partition coefficient (Wildman–Crippen LogP) is 5.04. The standard InChI is InChI=1S/C16H14F2N2S/c17-14-7-13(8-15(18)16(14)20-10-21)6-3-11-1-4-12(9-19)5-2-11/h3,6-8,11-12H,1-2,4-5H2/b6-3+. The van der Waals surface area contributed by atoms with Crippen molar-refractivity contribution in [1.82, 2.24) is 0 Å². The number of hydrogen-bond acceptors (Lipinski definition) is 3. The number of hydrogen-bond donors (Lipinski definition) is 0. The molecule has 108 valence electrons. The van der Waals surface area contributed by atoms with Gasteiger partial charge in [0.25, 0.3) is 0 Å². The lowest BCUT2D eigenvalue weighted by atomic mass is 9.82. The van der Waals surface area contributed by atoms with Gasteiger partial charge in [-0.1, -0.05) is 12.2 Å². The summed E-state index contributed by atoms with van der Waals surface area (Å²) in [6, 6.07) is 4.74. The van der Waals surface area contributed by atoms with Gasteiger partial charge in [0, 0.05) is 5.92 Å². The Morgan fingerprint density at radius 1 is 1.19 bits per heavy atom. The van der Waals surface area contributed by atoms with Crippen LogP contribution >= 0.6 is 12.2 Å². The highest BCUT2D eigenvalue weighted by atomic mass is 32.1. The lowest BCUT2D eigenvalue weighted by molar-refractivity contribution is 0.363. The quantitative estimate of drug-likeness (QED) is 0.579. The van der Waals surface area contributed by atoms with Gasteiger partial charge in [0.1, 0.15) is 5.69 Å². The Morgan fingerprint density at radius 3 is 2.33 bits per heavy atom. The number of isothiocyanates is 1. The first kappa shape index (κ1) is 15.5. The van der Waals surface area contributed by atoms with E-state index in [0.717, 1.165) is 25.7 Å². The highest BCUT2D eigenvalue weighted by Crippen LogP contribution is 2.30. The van der Waals surface area contributed by atoms with Gasteiger partial charge in [-0.2, -0.15) is 10.3 Å². The summed E-state index contributed by atoms with van der Waals surface area (Å²) in [5.41, 5.74) is 0.0485. The topological polar surface area (TPSA) is 36.1 Å². The maximum atomic E-state index is 13.7. The zero-order chi connectivity index (χ0) is 15.2. The van der Waals surface area contributed by atoms with Gasteiger partial charge in [-0.3, -0.25) is 0 Å². The molecule has 0 radical (unpaired) electrons. The van der Waals surface area contributed by atoms with Crippen LogP contribution in [0.4, 0.5) is 14.5 Å². The second kappa shape index (κ2) is 7.21. The SMILES string of the molecule is N#CC1CCC(/C=C/c2cc(F)c(N=C=S)c(F)c2)CC1. The Morgan fingerprint density at radius 2 is 1.81 bits per heavy atom. The van der Waals surface area contributed by atoms with E-state index in [4.69, 9.17) is 5.26 Å². The molecule has 0 bridgehead atoms. The van der Waals surface area contributed by atoms with E-state index < -0.39 is 17.3 Å². The van der Waals surface area contributed by atoms with Crippen LogP contribution in [0.2, 0.25) is 0 Å². The summed E-state index contributed by atoms with van der Waals surface area (Å²) in [5.74, 6) is -0.990. The molecule has 21 heavy (non-hydrogen) atoms. The Hall–Kier alpha value is -1.89. The summed E-state index contributed by atoms with van der Waals surface area (Å²) in [6.07, 6.45) is 7.32. The van der Waals surface area contributed by atoms with Gasteiger partial charge in [0.2, 0.25) is 0 Å². The zero-order valence-electron chi connectivity index (χ0n) is 11.4. The summed E-state index contributed by atoms with van der Waals surface area (Å²) in [6.45, 7) is 0. The van der Waals surface area contributed by atoms with Crippen LogP contribution in [0, 0.1) is 34.8 Å². The maximum Gasteiger partial charge on any atom is 0.153 e. The van der Waals surface area contributed by atoms with Gasteiger partial charge in [0.15, 0.2) is 11.6 Å². The molecule has 0 N–H and O–H groups in total. The van der Waals surface area contributed by atoms with E-state index in [-0.39, 0.29) is 5.92 Å². The molecule has 1 aromatic rings. The number of nitrogens with zero attached hydrogens (tertiary/aromatic N) is 2. The highest BCUT2D eigenvalue weighted by Gasteiger charge is 2.18. The minimum atomic E-state index is -0.750. The Labute approximate surface area is 127 Å². The number of allylic oxidation sites excluding steroid dienone is 1. The van der Waals surface area contributed by atoms with Crippen molar-refractivity contribution < 1.29 is 8.78 Å². The van der Waals surface area contributed by atoms with E-state index in [1.165, 1.54) is 12.1 Å². The van der Waals surface area contributed by atoms with E-state index in [1.807, 2.05) is 11.2 Å². The molecule has 2 nitrogen and oxygen atoms in total. The zero-order valence-corrected chi connectivity index (χ0v) is 12.2. The van der Waals surface area contributed by atoms with E-state index in [0.29, 0.717) is 11.5 Å². The van der Waals surface area contributed by atoms with Gasteiger partial charge >= 0.3 is 0 Å². The molecule has 0 aliphatic heterocycles. The summed E-state index contributed by atoms with van der Waals surface area (Å²) in [4.78, 5) is 3.37. The molecule has 1 fully saturated rings. The second-order valence-electron chi connectivity index (χ2n) is 5.14. The van der Waals surface area contributed by atoms with Crippen molar-refractivity contribution in [3.05, 3.63) is 35.4 Å². The van der Waals surface area contributed by atoms with E-state index in [1.54, 1.807) is 6.08 Å². The number of benzene rings is 1. The first-order chi connectivity index (χ1) is 10.1. The number of aliphatic imine (C=N–C) groups is 1. The monoisotopic (exact) mass is 304 g/mol. The fraction of sp³-hybridized carbons (Fsp3) is 0.375. The molecular weight excluding hydrogens is 290 g/mol. The van der Waals surface area contributed by atoms with Crippen molar-refractivity contribution >= 4 is 29.1 Å². The largest absolute Gasteiger partial charge is 0.204 e. The highest BCUT2D eigenvalue weighted by molar-refractivity contribution is 7.78. The van der Waals surface area contributed by atoms with E-state index in [9.17, 15) is 8.78 Å². The Balaban J connectivity index is 2.08. The molecule has 0 atom stereocenters. The number of halogens is 2. The van der Waals surface area contributed by atoms with Crippen molar-refractivity contribution in [2.24, 2.45) is 16.8 Å². The molecule has 1 aliphatic rings. The Bertz CT molecular complexity index is 611. The number of rotatable bonds is 3.